The van der Waals surface area contributed by atoms with Gasteiger partial charge < -0.3 is 9.30 Å². The molecule has 7 nitrogen and oxygen atoms in total. The molecule has 0 N–H and O–H groups in total. The van der Waals surface area contributed by atoms with Gasteiger partial charge in [-0.15, -0.1) is 0 Å². The van der Waals surface area contributed by atoms with E-state index in [-0.39, 0.29) is 18.0 Å². The Labute approximate surface area is 137 Å². The number of rotatable bonds is 4. The molecule has 0 saturated carbocycles. The highest BCUT2D eigenvalue weighted by Crippen LogP contribution is 2.22. The maximum absolute atomic E-state index is 11.8. The zero-order chi connectivity index (χ0) is 17.2. The minimum atomic E-state index is -3.34. The van der Waals surface area contributed by atoms with Gasteiger partial charge in [-0.1, -0.05) is 11.3 Å². The molecule has 1 heterocycles. The Balaban J connectivity index is 2.67. The second-order valence-electron chi connectivity index (χ2n) is 4.81. The quantitative estimate of drug-likeness (QED) is 0.765. The number of aromatic nitrogens is 1. The molecule has 0 fully saturated rings. The summed E-state index contributed by atoms with van der Waals surface area (Å²) in [5.41, 5.74) is 0.621. The molecular weight excluding hydrogens is 340 g/mol. The lowest BCUT2D eigenvalue weighted by molar-refractivity contribution is -0.143. The second kappa shape index (κ2) is 6.63. The van der Waals surface area contributed by atoms with E-state index in [9.17, 15) is 18.0 Å². The van der Waals surface area contributed by atoms with Crippen molar-refractivity contribution < 1.29 is 22.7 Å². The summed E-state index contributed by atoms with van der Waals surface area (Å²) >= 11 is 1.15. The molecule has 0 bridgehead atoms. The number of hydrogen-bond donors (Lipinski definition) is 0. The van der Waals surface area contributed by atoms with Gasteiger partial charge in [0.25, 0.3) is 0 Å². The van der Waals surface area contributed by atoms with Crippen LogP contribution in [0.5, 0.6) is 0 Å². The topological polar surface area (TPSA) is 94.8 Å². The van der Waals surface area contributed by atoms with E-state index in [1.54, 1.807) is 17.6 Å². The minimum Gasteiger partial charge on any atom is -0.465 e. The molecule has 9 heteroatoms. The fraction of sp³-hybridized carbons (Fsp3) is 0.357. The molecule has 0 aliphatic heterocycles. The third kappa shape index (κ3) is 4.05. The number of thiazole rings is 1. The Kier molecular flexibility index (Phi) is 5.00. The van der Waals surface area contributed by atoms with Crippen LogP contribution < -0.4 is 4.80 Å². The van der Waals surface area contributed by atoms with Gasteiger partial charge in [-0.05, 0) is 25.1 Å². The molecule has 1 amide bonds. The molecule has 0 unspecified atom stereocenters. The summed E-state index contributed by atoms with van der Waals surface area (Å²) in [6.07, 6.45) is 1.12. The zero-order valence-electron chi connectivity index (χ0n) is 12.9. The molecule has 1 aromatic carbocycles. The van der Waals surface area contributed by atoms with Crippen molar-refractivity contribution in [2.24, 2.45) is 4.99 Å². The van der Waals surface area contributed by atoms with Crippen LogP contribution in [-0.4, -0.2) is 37.7 Å². The Morgan fingerprint density at radius 3 is 2.61 bits per heavy atom. The van der Waals surface area contributed by atoms with E-state index in [0.717, 1.165) is 17.6 Å². The Hall–Kier alpha value is -2.00. The van der Waals surface area contributed by atoms with Crippen molar-refractivity contribution in [3.05, 3.63) is 23.0 Å². The smallest absolute Gasteiger partial charge is 0.326 e. The van der Waals surface area contributed by atoms with E-state index in [2.05, 4.69) is 4.99 Å². The molecule has 2 aromatic rings. The average molecular weight is 356 g/mol. The Bertz CT molecular complexity index is 938. The highest BCUT2D eigenvalue weighted by atomic mass is 32.2. The van der Waals surface area contributed by atoms with Crippen LogP contribution >= 0.6 is 11.3 Å². The Morgan fingerprint density at radius 2 is 2.04 bits per heavy atom. The standard InChI is InChI=1S/C14H16N2O5S2/c1-4-21-13(18)8-16-11-6-5-10(23(3,19)20)7-12(11)22-14(16)15-9(2)17/h5-7H,4,8H2,1-3H3. The predicted molar refractivity (Wildman–Crippen MR) is 85.8 cm³/mol. The fourth-order valence-electron chi connectivity index (χ4n) is 1.99. The van der Waals surface area contributed by atoms with Crippen molar-refractivity contribution in [3.63, 3.8) is 0 Å². The Morgan fingerprint density at radius 1 is 1.35 bits per heavy atom. The summed E-state index contributed by atoms with van der Waals surface area (Å²) in [5.74, 6) is -0.859. The fourth-order valence-corrected chi connectivity index (χ4v) is 3.83. The lowest BCUT2D eigenvalue weighted by atomic mass is 10.3. The van der Waals surface area contributed by atoms with Gasteiger partial charge in [0.05, 0.1) is 21.7 Å². The zero-order valence-corrected chi connectivity index (χ0v) is 14.5. The molecular formula is C14H16N2O5S2. The van der Waals surface area contributed by atoms with Crippen LogP contribution in [0.3, 0.4) is 0 Å². The van der Waals surface area contributed by atoms with Crippen molar-refractivity contribution in [2.45, 2.75) is 25.3 Å². The van der Waals surface area contributed by atoms with Gasteiger partial charge in [0.2, 0.25) is 5.91 Å². The van der Waals surface area contributed by atoms with E-state index in [1.165, 1.54) is 19.1 Å². The van der Waals surface area contributed by atoms with Crippen LogP contribution in [0.15, 0.2) is 28.1 Å². The first-order valence-electron chi connectivity index (χ1n) is 6.76. The number of ether oxygens (including phenoxy) is 1. The average Bonchev–Trinajstić information content (AvgIpc) is 2.74. The van der Waals surface area contributed by atoms with Crippen LogP contribution in [0.25, 0.3) is 10.2 Å². The normalized spacial score (nSPS) is 12.6. The van der Waals surface area contributed by atoms with E-state index in [1.807, 2.05) is 0 Å². The number of nitrogens with zero attached hydrogens (tertiary/aromatic N) is 2. The predicted octanol–water partition coefficient (Wildman–Crippen LogP) is 1.12. The van der Waals surface area contributed by atoms with Gasteiger partial charge in [-0.2, -0.15) is 4.99 Å². The molecule has 0 atom stereocenters. The third-order valence-electron chi connectivity index (χ3n) is 2.93. The number of hydrogen-bond acceptors (Lipinski definition) is 6. The number of amides is 1. The molecule has 2 rings (SSSR count). The summed E-state index contributed by atoms with van der Waals surface area (Å²) in [5, 5.41) is 0. The van der Waals surface area contributed by atoms with E-state index in [0.29, 0.717) is 15.0 Å². The second-order valence-corrected chi connectivity index (χ2v) is 7.83. The van der Waals surface area contributed by atoms with Gasteiger partial charge in [0.15, 0.2) is 14.6 Å². The summed E-state index contributed by atoms with van der Waals surface area (Å²) in [6, 6.07) is 4.57. The highest BCUT2D eigenvalue weighted by molar-refractivity contribution is 7.90. The molecule has 0 radical (unpaired) electrons. The monoisotopic (exact) mass is 356 g/mol. The largest absolute Gasteiger partial charge is 0.465 e. The number of carbonyl (C=O) groups is 2. The van der Waals surface area contributed by atoms with Crippen molar-refractivity contribution in [1.29, 1.82) is 0 Å². The maximum atomic E-state index is 11.8. The molecule has 23 heavy (non-hydrogen) atoms. The molecule has 1 aromatic heterocycles. The van der Waals surface area contributed by atoms with E-state index < -0.39 is 21.7 Å². The first-order valence-corrected chi connectivity index (χ1v) is 9.47. The van der Waals surface area contributed by atoms with Gasteiger partial charge in [-0.3, -0.25) is 9.59 Å². The van der Waals surface area contributed by atoms with Gasteiger partial charge in [0.1, 0.15) is 6.54 Å². The van der Waals surface area contributed by atoms with Crippen molar-refractivity contribution in [3.8, 4) is 0 Å². The lowest BCUT2D eigenvalue weighted by Crippen LogP contribution is -2.22. The number of esters is 1. The molecule has 124 valence electrons. The molecule has 0 spiro atoms. The third-order valence-corrected chi connectivity index (χ3v) is 5.08. The van der Waals surface area contributed by atoms with Crippen molar-refractivity contribution in [2.75, 3.05) is 12.9 Å². The van der Waals surface area contributed by atoms with Gasteiger partial charge in [0, 0.05) is 13.2 Å². The highest BCUT2D eigenvalue weighted by Gasteiger charge is 2.14. The maximum Gasteiger partial charge on any atom is 0.326 e. The summed E-state index contributed by atoms with van der Waals surface area (Å²) in [6.45, 7) is 3.16. The van der Waals surface area contributed by atoms with Crippen LogP contribution in [0.4, 0.5) is 0 Å². The van der Waals surface area contributed by atoms with Crippen LogP contribution in [-0.2, 0) is 30.7 Å². The van der Waals surface area contributed by atoms with E-state index >= 15 is 0 Å². The summed E-state index contributed by atoms with van der Waals surface area (Å²) in [7, 11) is -3.34. The molecule has 0 aliphatic rings. The van der Waals surface area contributed by atoms with Crippen molar-refractivity contribution in [1.82, 2.24) is 4.57 Å². The van der Waals surface area contributed by atoms with Crippen LogP contribution in [0.2, 0.25) is 0 Å². The van der Waals surface area contributed by atoms with Gasteiger partial charge >= 0.3 is 5.97 Å². The molecule has 0 aliphatic carbocycles. The van der Waals surface area contributed by atoms with Crippen LogP contribution in [0, 0.1) is 0 Å². The van der Waals surface area contributed by atoms with Crippen molar-refractivity contribution >= 4 is 43.3 Å². The molecule has 0 saturated heterocycles. The summed E-state index contributed by atoms with van der Waals surface area (Å²) in [4.78, 5) is 27.4. The lowest BCUT2D eigenvalue weighted by Gasteiger charge is -2.05. The number of carbonyl (C=O) groups excluding carboxylic acids is 2. The number of sulfone groups is 1. The number of fused-ring (bicyclic) bond motifs is 1. The SMILES string of the molecule is CCOC(=O)Cn1c(=NC(C)=O)sc2cc(S(C)(=O)=O)ccc21. The van der Waals surface area contributed by atoms with Gasteiger partial charge in [-0.25, -0.2) is 8.42 Å². The first-order chi connectivity index (χ1) is 10.7. The van der Waals surface area contributed by atoms with Crippen LogP contribution in [0.1, 0.15) is 13.8 Å². The van der Waals surface area contributed by atoms with E-state index in [4.69, 9.17) is 4.74 Å². The first kappa shape index (κ1) is 17.4. The summed E-state index contributed by atoms with van der Waals surface area (Å²) < 4.78 is 30.4. The minimum absolute atomic E-state index is 0.0990. The number of benzene rings is 1.